The Morgan fingerprint density at radius 3 is 2.46 bits per heavy atom. The smallest absolute Gasteiger partial charge is 0.216 e. The van der Waals surface area contributed by atoms with Gasteiger partial charge < -0.3 is 18.9 Å². The standard InChI is InChI=1S/C19H20N4O4S/c1-24-15-10-9-13(17(25-2)18(15)26-3)11-20-23-16(21-22-19(23)28)12-27-14-7-5-4-6-8-14/h4-11H,12H2,1-3H3,(H,22,28)/b20-11+. The number of hydrogen-bond donors (Lipinski definition) is 1. The number of H-pyrrole nitrogens is 1. The van der Waals surface area contributed by atoms with Gasteiger partial charge in [-0.15, -0.1) is 0 Å². The van der Waals surface area contributed by atoms with Gasteiger partial charge in [0.15, 0.2) is 17.3 Å². The fourth-order valence-corrected chi connectivity index (χ4v) is 2.75. The molecule has 0 unspecified atom stereocenters. The number of ether oxygens (including phenoxy) is 4. The van der Waals surface area contributed by atoms with Crippen LogP contribution in [0.2, 0.25) is 0 Å². The Labute approximate surface area is 167 Å². The predicted molar refractivity (Wildman–Crippen MR) is 107 cm³/mol. The average Bonchev–Trinajstić information content (AvgIpc) is 3.09. The molecule has 0 aliphatic rings. The molecule has 0 atom stereocenters. The first kappa shape index (κ1) is 19.4. The summed E-state index contributed by atoms with van der Waals surface area (Å²) in [7, 11) is 4.67. The van der Waals surface area contributed by atoms with Crippen LogP contribution < -0.4 is 18.9 Å². The Kier molecular flexibility index (Phi) is 6.28. The first-order chi connectivity index (χ1) is 13.7. The van der Waals surface area contributed by atoms with Crippen molar-refractivity contribution in [1.29, 1.82) is 0 Å². The van der Waals surface area contributed by atoms with Crippen LogP contribution in [-0.2, 0) is 6.61 Å². The minimum Gasteiger partial charge on any atom is -0.493 e. The Hall–Kier alpha value is -3.33. The molecule has 0 aliphatic heterocycles. The molecule has 0 aliphatic carbocycles. The van der Waals surface area contributed by atoms with Gasteiger partial charge in [0.1, 0.15) is 12.4 Å². The summed E-state index contributed by atoms with van der Waals surface area (Å²) >= 11 is 5.27. The highest BCUT2D eigenvalue weighted by Gasteiger charge is 2.15. The van der Waals surface area contributed by atoms with Gasteiger partial charge in [0.2, 0.25) is 10.5 Å². The van der Waals surface area contributed by atoms with E-state index >= 15 is 0 Å². The first-order valence-electron chi connectivity index (χ1n) is 8.35. The topological polar surface area (TPSA) is 82.9 Å². The normalized spacial score (nSPS) is 10.8. The average molecular weight is 400 g/mol. The van der Waals surface area contributed by atoms with Crippen molar-refractivity contribution < 1.29 is 18.9 Å². The molecule has 1 aromatic heterocycles. The van der Waals surface area contributed by atoms with Gasteiger partial charge in [0.05, 0.1) is 27.5 Å². The first-order valence-corrected chi connectivity index (χ1v) is 8.76. The molecule has 1 N–H and O–H groups in total. The zero-order valence-electron chi connectivity index (χ0n) is 15.7. The van der Waals surface area contributed by atoms with Gasteiger partial charge in [-0.1, -0.05) is 18.2 Å². The second-order valence-corrected chi connectivity index (χ2v) is 5.91. The van der Waals surface area contributed by atoms with Crippen molar-refractivity contribution in [2.24, 2.45) is 5.10 Å². The molecular weight excluding hydrogens is 380 g/mol. The molecule has 9 heteroatoms. The van der Waals surface area contributed by atoms with E-state index in [-0.39, 0.29) is 6.61 Å². The molecule has 0 spiro atoms. The lowest BCUT2D eigenvalue weighted by molar-refractivity contribution is 0.290. The van der Waals surface area contributed by atoms with Gasteiger partial charge in [0, 0.05) is 5.56 Å². The molecule has 0 amide bonds. The van der Waals surface area contributed by atoms with Crippen molar-refractivity contribution in [3.63, 3.8) is 0 Å². The zero-order chi connectivity index (χ0) is 19.9. The number of aromatic amines is 1. The molecule has 8 nitrogen and oxygen atoms in total. The molecular formula is C19H20N4O4S. The van der Waals surface area contributed by atoms with Crippen LogP contribution in [-0.4, -0.2) is 42.4 Å². The fraction of sp³-hybridized carbons (Fsp3) is 0.211. The van der Waals surface area contributed by atoms with Crippen molar-refractivity contribution in [3.05, 3.63) is 58.6 Å². The van der Waals surface area contributed by atoms with E-state index in [1.54, 1.807) is 33.6 Å². The lowest BCUT2D eigenvalue weighted by Crippen LogP contribution is -2.04. The summed E-state index contributed by atoms with van der Waals surface area (Å²) in [5.41, 5.74) is 0.693. The van der Waals surface area contributed by atoms with Gasteiger partial charge in [-0.05, 0) is 36.5 Å². The summed E-state index contributed by atoms with van der Waals surface area (Å²) < 4.78 is 23.7. The molecule has 0 bridgehead atoms. The third-order valence-electron chi connectivity index (χ3n) is 3.88. The number of nitrogens with zero attached hydrogens (tertiary/aromatic N) is 3. The van der Waals surface area contributed by atoms with E-state index in [1.807, 2.05) is 36.4 Å². The number of hydrogen-bond acceptors (Lipinski definition) is 7. The largest absolute Gasteiger partial charge is 0.493 e. The molecule has 1 heterocycles. The van der Waals surface area contributed by atoms with Crippen molar-refractivity contribution >= 4 is 18.4 Å². The van der Waals surface area contributed by atoms with E-state index in [1.165, 1.54) is 4.68 Å². The summed E-state index contributed by atoms with van der Waals surface area (Å²) in [6.45, 7) is 0.206. The van der Waals surface area contributed by atoms with Crippen LogP contribution in [0, 0.1) is 4.77 Å². The second-order valence-electron chi connectivity index (χ2n) is 5.53. The second kappa shape index (κ2) is 9.05. The van der Waals surface area contributed by atoms with E-state index < -0.39 is 0 Å². The Balaban J connectivity index is 1.87. The van der Waals surface area contributed by atoms with Crippen LogP contribution in [0.15, 0.2) is 47.6 Å². The molecule has 3 rings (SSSR count). The van der Waals surface area contributed by atoms with E-state index in [9.17, 15) is 0 Å². The van der Waals surface area contributed by atoms with Crippen molar-refractivity contribution in [2.45, 2.75) is 6.61 Å². The number of para-hydroxylation sites is 1. The Bertz CT molecular complexity index is 1010. The summed E-state index contributed by atoms with van der Waals surface area (Å²) in [6, 6.07) is 13.0. The minimum absolute atomic E-state index is 0.206. The monoisotopic (exact) mass is 400 g/mol. The maximum atomic E-state index is 5.73. The quantitative estimate of drug-likeness (QED) is 0.461. The lowest BCUT2D eigenvalue weighted by atomic mass is 10.2. The molecule has 0 radical (unpaired) electrons. The van der Waals surface area contributed by atoms with Crippen molar-refractivity contribution in [2.75, 3.05) is 21.3 Å². The Morgan fingerprint density at radius 2 is 1.79 bits per heavy atom. The maximum Gasteiger partial charge on any atom is 0.216 e. The summed E-state index contributed by atoms with van der Waals surface area (Å²) in [6.07, 6.45) is 1.61. The molecule has 146 valence electrons. The molecule has 0 saturated carbocycles. The molecule has 3 aromatic rings. The number of benzene rings is 2. The van der Waals surface area contributed by atoms with Crippen molar-refractivity contribution in [1.82, 2.24) is 14.9 Å². The summed E-state index contributed by atoms with van der Waals surface area (Å²) in [4.78, 5) is 0. The minimum atomic E-state index is 0.206. The van der Waals surface area contributed by atoms with E-state index in [2.05, 4.69) is 15.3 Å². The highest BCUT2D eigenvalue weighted by molar-refractivity contribution is 7.71. The van der Waals surface area contributed by atoms with Crippen LogP contribution in [0.3, 0.4) is 0 Å². The van der Waals surface area contributed by atoms with Crippen LogP contribution in [0.5, 0.6) is 23.0 Å². The SMILES string of the molecule is COc1ccc(/C=N/n2c(COc3ccccc3)n[nH]c2=S)c(OC)c1OC. The van der Waals surface area contributed by atoms with Gasteiger partial charge in [-0.25, -0.2) is 5.10 Å². The van der Waals surface area contributed by atoms with Crippen LogP contribution in [0.25, 0.3) is 0 Å². The molecule has 0 fully saturated rings. The van der Waals surface area contributed by atoms with Gasteiger partial charge >= 0.3 is 0 Å². The van der Waals surface area contributed by atoms with E-state index in [0.29, 0.717) is 33.4 Å². The summed E-state index contributed by atoms with van der Waals surface area (Å²) in [5.74, 6) is 2.81. The third kappa shape index (κ3) is 4.15. The highest BCUT2D eigenvalue weighted by atomic mass is 32.1. The van der Waals surface area contributed by atoms with E-state index in [4.69, 9.17) is 31.2 Å². The Morgan fingerprint density at radius 1 is 1.04 bits per heavy atom. The lowest BCUT2D eigenvalue weighted by Gasteiger charge is -2.13. The number of nitrogens with one attached hydrogen (secondary N) is 1. The third-order valence-corrected chi connectivity index (χ3v) is 4.14. The molecule has 2 aromatic carbocycles. The van der Waals surface area contributed by atoms with Crippen LogP contribution in [0.4, 0.5) is 0 Å². The van der Waals surface area contributed by atoms with Gasteiger partial charge in [0.25, 0.3) is 0 Å². The van der Waals surface area contributed by atoms with Crippen molar-refractivity contribution in [3.8, 4) is 23.0 Å². The molecule has 0 saturated heterocycles. The highest BCUT2D eigenvalue weighted by Crippen LogP contribution is 2.39. The van der Waals surface area contributed by atoms with Gasteiger partial charge in [-0.3, -0.25) is 0 Å². The molecule has 28 heavy (non-hydrogen) atoms. The number of methoxy groups -OCH3 is 3. The summed E-state index contributed by atoms with van der Waals surface area (Å²) in [5, 5.41) is 11.3. The van der Waals surface area contributed by atoms with Crippen LogP contribution >= 0.6 is 12.2 Å². The van der Waals surface area contributed by atoms with E-state index in [0.717, 1.165) is 5.75 Å². The maximum absolute atomic E-state index is 5.73. The number of rotatable bonds is 8. The number of aromatic nitrogens is 3. The predicted octanol–water partition coefficient (Wildman–Crippen LogP) is 3.43. The fourth-order valence-electron chi connectivity index (χ4n) is 2.55. The zero-order valence-corrected chi connectivity index (χ0v) is 16.5. The van der Waals surface area contributed by atoms with Gasteiger partial charge in [-0.2, -0.15) is 14.9 Å². The van der Waals surface area contributed by atoms with Crippen LogP contribution in [0.1, 0.15) is 11.4 Å².